The minimum Gasteiger partial charge on any atom is -0.384 e. The smallest absolute Gasteiger partial charge is 0.0967 e. The van der Waals surface area contributed by atoms with Crippen molar-refractivity contribution in [1.29, 1.82) is 0 Å². The van der Waals surface area contributed by atoms with Crippen molar-refractivity contribution in [3.63, 3.8) is 0 Å². The highest BCUT2D eigenvalue weighted by atomic mass is 35.5. The molecule has 1 aliphatic rings. The predicted molar refractivity (Wildman–Crippen MR) is 150 cm³/mol. The Kier molecular flexibility index (Phi) is 8.40. The van der Waals surface area contributed by atoms with Gasteiger partial charge in [-0.25, -0.2) is 4.98 Å². The van der Waals surface area contributed by atoms with Crippen LogP contribution in [0.1, 0.15) is 29.8 Å². The molecule has 0 bridgehead atoms. The molecular formula is C28H33ClN8. The first-order valence-electron chi connectivity index (χ1n) is 12.8. The number of nitrogens with zero attached hydrogens (tertiary/aromatic N) is 7. The Bertz CT molecular complexity index is 1330. The predicted octanol–water partition coefficient (Wildman–Crippen LogP) is 4.68. The van der Waals surface area contributed by atoms with Gasteiger partial charge in [0.15, 0.2) is 0 Å². The van der Waals surface area contributed by atoms with Crippen molar-refractivity contribution >= 4 is 40.3 Å². The van der Waals surface area contributed by atoms with Gasteiger partial charge in [0, 0.05) is 80.5 Å². The van der Waals surface area contributed by atoms with E-state index in [1.807, 2.05) is 47.2 Å². The topological polar surface area (TPSA) is 75.0 Å². The molecule has 1 saturated heterocycles. The molecule has 1 fully saturated rings. The third-order valence-corrected chi connectivity index (χ3v) is 6.88. The first kappa shape index (κ1) is 25.3. The lowest BCUT2D eigenvalue weighted by molar-refractivity contribution is 0.147. The Hall–Kier alpha value is -3.33. The molecule has 9 heteroatoms. The molecule has 4 aromatic rings. The highest BCUT2D eigenvalue weighted by molar-refractivity contribution is 6.31. The highest BCUT2D eigenvalue weighted by Crippen LogP contribution is 2.27. The van der Waals surface area contributed by atoms with Crippen LogP contribution in [0.4, 0.5) is 5.69 Å². The second-order valence-corrected chi connectivity index (χ2v) is 9.99. The van der Waals surface area contributed by atoms with Gasteiger partial charge in [-0.2, -0.15) is 0 Å². The van der Waals surface area contributed by atoms with Gasteiger partial charge in [-0.1, -0.05) is 22.9 Å². The molecule has 1 N–H and O–H groups in total. The summed E-state index contributed by atoms with van der Waals surface area (Å²) in [6, 6.07) is 11.9. The Morgan fingerprint density at radius 3 is 2.68 bits per heavy atom. The molecule has 0 saturated carbocycles. The van der Waals surface area contributed by atoms with E-state index in [0.717, 1.165) is 92.2 Å². The summed E-state index contributed by atoms with van der Waals surface area (Å²) in [5, 5.41) is 14.0. The number of benzene rings is 1. The van der Waals surface area contributed by atoms with E-state index >= 15 is 0 Å². The van der Waals surface area contributed by atoms with E-state index in [9.17, 15) is 0 Å². The number of halogens is 1. The molecule has 1 aliphatic heterocycles. The van der Waals surface area contributed by atoms with Gasteiger partial charge < -0.3 is 10.2 Å². The van der Waals surface area contributed by atoms with E-state index in [0.29, 0.717) is 5.02 Å². The van der Waals surface area contributed by atoms with Gasteiger partial charge in [0.1, 0.15) is 0 Å². The molecule has 3 aromatic heterocycles. The highest BCUT2D eigenvalue weighted by Gasteiger charge is 2.15. The van der Waals surface area contributed by atoms with Crippen LogP contribution in [-0.2, 0) is 13.1 Å². The molecule has 192 valence electrons. The van der Waals surface area contributed by atoms with Crippen molar-refractivity contribution in [1.82, 2.24) is 34.8 Å². The van der Waals surface area contributed by atoms with E-state index < -0.39 is 0 Å². The molecule has 5 rings (SSSR count). The second-order valence-electron chi connectivity index (χ2n) is 9.56. The summed E-state index contributed by atoms with van der Waals surface area (Å²) in [7, 11) is 2.18. The molecule has 1 aromatic carbocycles. The lowest BCUT2D eigenvalue weighted by Crippen LogP contribution is -2.43. The summed E-state index contributed by atoms with van der Waals surface area (Å²) in [5.41, 5.74) is 4.98. The van der Waals surface area contributed by atoms with E-state index in [1.54, 1.807) is 12.4 Å². The number of pyridine rings is 2. The fraction of sp³-hybridized carbons (Fsp3) is 0.357. The van der Waals surface area contributed by atoms with Crippen molar-refractivity contribution < 1.29 is 0 Å². The average molecular weight is 517 g/mol. The van der Waals surface area contributed by atoms with Crippen LogP contribution in [0.25, 0.3) is 23.1 Å². The van der Waals surface area contributed by atoms with Crippen molar-refractivity contribution in [2.75, 3.05) is 45.1 Å². The third kappa shape index (κ3) is 7.13. The molecule has 0 amide bonds. The molecule has 0 unspecified atom stereocenters. The molecule has 0 atom stereocenters. The van der Waals surface area contributed by atoms with Crippen molar-refractivity contribution in [2.24, 2.45) is 0 Å². The number of rotatable bonds is 10. The maximum atomic E-state index is 6.30. The van der Waals surface area contributed by atoms with Gasteiger partial charge in [-0.05, 0) is 67.9 Å². The number of hydrogen-bond acceptors (Lipinski definition) is 7. The quantitative estimate of drug-likeness (QED) is 0.306. The zero-order chi connectivity index (χ0) is 25.5. The van der Waals surface area contributed by atoms with Gasteiger partial charge in [0.2, 0.25) is 0 Å². The van der Waals surface area contributed by atoms with E-state index in [1.165, 1.54) is 0 Å². The number of aryl methyl sites for hydroxylation is 1. The molecule has 0 radical (unpaired) electrons. The van der Waals surface area contributed by atoms with E-state index in [4.69, 9.17) is 16.6 Å². The normalized spacial score (nSPS) is 15.1. The van der Waals surface area contributed by atoms with Crippen LogP contribution >= 0.6 is 11.6 Å². The van der Waals surface area contributed by atoms with Gasteiger partial charge >= 0.3 is 0 Å². The largest absolute Gasteiger partial charge is 0.384 e. The Balaban J connectivity index is 1.15. The fourth-order valence-electron chi connectivity index (χ4n) is 4.48. The molecule has 0 spiro atoms. The summed E-state index contributed by atoms with van der Waals surface area (Å²) < 4.78 is 1.97. The monoisotopic (exact) mass is 516 g/mol. The van der Waals surface area contributed by atoms with E-state index in [-0.39, 0.29) is 0 Å². The maximum absolute atomic E-state index is 6.30. The summed E-state index contributed by atoms with van der Waals surface area (Å²) in [5.74, 6) is 0. The number of unbranched alkanes of at least 4 members (excludes halogenated alkanes) is 1. The summed E-state index contributed by atoms with van der Waals surface area (Å²) >= 11 is 6.30. The second kappa shape index (κ2) is 12.3. The lowest BCUT2D eigenvalue weighted by Gasteiger charge is -2.31. The van der Waals surface area contributed by atoms with Crippen LogP contribution in [-0.4, -0.2) is 74.5 Å². The summed E-state index contributed by atoms with van der Waals surface area (Å²) in [4.78, 5) is 13.7. The molecule has 8 nitrogen and oxygen atoms in total. The standard InChI is InChI=1S/C28H33ClN8/c1-35-14-16-36(17-15-35)20-25-21-37(34-33-25)13-3-2-10-31-28-19-24(6-4-22-8-11-30-12-9-22)32-27-7-5-23(29)18-26(27)28/h4-9,11-12,18-19,21H,2-3,10,13-17,20H2,1H3,(H,31,32)/b6-4+. The van der Waals surface area contributed by atoms with E-state index in [2.05, 4.69) is 49.7 Å². The average Bonchev–Trinajstić information content (AvgIpc) is 3.36. The van der Waals surface area contributed by atoms with Gasteiger partial charge in [-0.15, -0.1) is 5.10 Å². The lowest BCUT2D eigenvalue weighted by atomic mass is 10.1. The minimum atomic E-state index is 0.705. The maximum Gasteiger partial charge on any atom is 0.0967 e. The fourth-order valence-corrected chi connectivity index (χ4v) is 4.66. The van der Waals surface area contributed by atoms with Crippen LogP contribution < -0.4 is 5.32 Å². The molecular weight excluding hydrogens is 484 g/mol. The van der Waals surface area contributed by atoms with Gasteiger partial charge in [-0.3, -0.25) is 14.6 Å². The van der Waals surface area contributed by atoms with Crippen molar-refractivity contribution in [3.05, 3.63) is 77.0 Å². The first-order chi connectivity index (χ1) is 18.1. The van der Waals surface area contributed by atoms with Gasteiger partial charge in [0.05, 0.1) is 16.9 Å². The number of nitrogens with one attached hydrogen (secondary N) is 1. The van der Waals surface area contributed by atoms with Crippen LogP contribution in [0, 0.1) is 0 Å². The molecule has 37 heavy (non-hydrogen) atoms. The Morgan fingerprint density at radius 1 is 1.00 bits per heavy atom. The van der Waals surface area contributed by atoms with Crippen LogP contribution in [0.3, 0.4) is 0 Å². The number of hydrogen-bond donors (Lipinski definition) is 1. The number of aromatic nitrogens is 5. The van der Waals surface area contributed by atoms with Crippen LogP contribution in [0.15, 0.2) is 55.0 Å². The number of piperazine rings is 1. The van der Waals surface area contributed by atoms with Gasteiger partial charge in [0.25, 0.3) is 0 Å². The molecule has 0 aliphatic carbocycles. The van der Waals surface area contributed by atoms with Crippen LogP contribution in [0.5, 0.6) is 0 Å². The zero-order valence-corrected chi connectivity index (χ0v) is 22.0. The number of anilines is 1. The third-order valence-electron chi connectivity index (χ3n) is 6.64. The summed E-state index contributed by atoms with van der Waals surface area (Å²) in [6.07, 6.45) is 11.8. The molecule has 4 heterocycles. The zero-order valence-electron chi connectivity index (χ0n) is 21.2. The Morgan fingerprint density at radius 2 is 1.84 bits per heavy atom. The van der Waals surface area contributed by atoms with Crippen molar-refractivity contribution in [2.45, 2.75) is 25.9 Å². The number of fused-ring (bicyclic) bond motifs is 1. The minimum absolute atomic E-state index is 0.705. The van der Waals surface area contributed by atoms with Crippen molar-refractivity contribution in [3.8, 4) is 0 Å². The number of likely N-dealkylation sites (N-methyl/N-ethyl adjacent to an activating group) is 1. The first-order valence-corrected chi connectivity index (χ1v) is 13.2. The Labute approximate surface area is 223 Å². The summed E-state index contributed by atoms with van der Waals surface area (Å²) in [6.45, 7) is 6.99. The SMILES string of the molecule is CN1CCN(Cc2cn(CCCCNc3cc(/C=C/c4ccncc4)nc4ccc(Cl)cc34)nn2)CC1. The van der Waals surface area contributed by atoms with Crippen LogP contribution in [0.2, 0.25) is 5.02 Å².